The smallest absolute Gasteiger partial charge is 0.228 e. The topological polar surface area (TPSA) is 79.0 Å². The number of methoxy groups -OCH3 is 1. The number of piperidine rings is 2. The highest BCUT2D eigenvalue weighted by molar-refractivity contribution is 5.88. The first-order valence-electron chi connectivity index (χ1n) is 9.11. The summed E-state index contributed by atoms with van der Waals surface area (Å²) < 4.78 is 5.27. The highest BCUT2D eigenvalue weighted by Gasteiger charge is 2.32. The van der Waals surface area contributed by atoms with E-state index in [0.717, 1.165) is 60.3 Å². The number of anilines is 1. The first-order chi connectivity index (χ1) is 12.8. The van der Waals surface area contributed by atoms with Gasteiger partial charge in [0.25, 0.3) is 0 Å². The van der Waals surface area contributed by atoms with Gasteiger partial charge in [-0.2, -0.15) is 4.98 Å². The second kappa shape index (κ2) is 6.25. The second-order valence-electron chi connectivity index (χ2n) is 7.23. The quantitative estimate of drug-likeness (QED) is 0.753. The third kappa shape index (κ3) is 2.68. The Hall–Kier alpha value is -2.67. The monoisotopic (exact) mass is 350 g/mol. The third-order valence-electron chi connectivity index (χ3n) is 5.40. The molecule has 2 atom stereocenters. The number of nitrogens with zero attached hydrogens (tertiary/aromatic N) is 4. The first-order valence-corrected chi connectivity index (χ1v) is 9.11. The number of nitrogens with one attached hydrogen (secondary N) is 2. The summed E-state index contributed by atoms with van der Waals surface area (Å²) in [5.41, 5.74) is 3.47. The van der Waals surface area contributed by atoms with Crippen LogP contribution in [0.3, 0.4) is 0 Å². The molecule has 2 unspecified atom stereocenters. The SMILES string of the molecule is COc1ccc(-c2nc(N3CC4CNCC(C4)C3)nc3[nH]cnc23)cc1. The summed E-state index contributed by atoms with van der Waals surface area (Å²) >= 11 is 0. The molecule has 2 bridgehead atoms. The Labute approximate surface area is 151 Å². The average molecular weight is 350 g/mol. The molecular weight excluding hydrogens is 328 g/mol. The first kappa shape index (κ1) is 15.6. The van der Waals surface area contributed by atoms with Crippen molar-refractivity contribution in [2.45, 2.75) is 6.42 Å². The Morgan fingerprint density at radius 1 is 1.08 bits per heavy atom. The molecule has 1 aromatic carbocycles. The van der Waals surface area contributed by atoms with Crippen molar-refractivity contribution < 1.29 is 4.74 Å². The molecule has 3 aromatic rings. The van der Waals surface area contributed by atoms with Gasteiger partial charge < -0.3 is 19.9 Å². The van der Waals surface area contributed by atoms with Crippen molar-refractivity contribution in [3.8, 4) is 17.0 Å². The van der Waals surface area contributed by atoms with Crippen molar-refractivity contribution in [3.05, 3.63) is 30.6 Å². The second-order valence-corrected chi connectivity index (χ2v) is 7.23. The minimum Gasteiger partial charge on any atom is -0.497 e. The van der Waals surface area contributed by atoms with E-state index >= 15 is 0 Å². The normalized spacial score (nSPS) is 22.6. The van der Waals surface area contributed by atoms with Crippen LogP contribution in [0.4, 0.5) is 5.95 Å². The van der Waals surface area contributed by atoms with E-state index < -0.39 is 0 Å². The van der Waals surface area contributed by atoms with Gasteiger partial charge in [-0.3, -0.25) is 0 Å². The van der Waals surface area contributed by atoms with Crippen molar-refractivity contribution in [3.63, 3.8) is 0 Å². The van der Waals surface area contributed by atoms with Crippen LogP contribution in [0, 0.1) is 11.8 Å². The number of aromatic nitrogens is 4. The molecule has 7 nitrogen and oxygen atoms in total. The fraction of sp³-hybridized carbons (Fsp3) is 0.421. The van der Waals surface area contributed by atoms with Gasteiger partial charge in [-0.25, -0.2) is 9.97 Å². The maximum atomic E-state index is 5.27. The molecule has 4 heterocycles. The van der Waals surface area contributed by atoms with Gasteiger partial charge in [-0.1, -0.05) is 0 Å². The van der Waals surface area contributed by atoms with Gasteiger partial charge >= 0.3 is 0 Å². The predicted molar refractivity (Wildman–Crippen MR) is 100 cm³/mol. The molecule has 2 aromatic heterocycles. The van der Waals surface area contributed by atoms with Crippen molar-refractivity contribution in [2.24, 2.45) is 11.8 Å². The Kier molecular flexibility index (Phi) is 3.74. The molecule has 2 aliphatic rings. The molecule has 0 radical (unpaired) electrons. The molecule has 0 amide bonds. The largest absolute Gasteiger partial charge is 0.497 e. The molecule has 2 aliphatic heterocycles. The zero-order valence-corrected chi connectivity index (χ0v) is 14.8. The van der Waals surface area contributed by atoms with Crippen LogP contribution in [0.2, 0.25) is 0 Å². The highest BCUT2D eigenvalue weighted by atomic mass is 16.5. The van der Waals surface area contributed by atoms with E-state index in [2.05, 4.69) is 20.2 Å². The van der Waals surface area contributed by atoms with Crippen LogP contribution in [0.15, 0.2) is 30.6 Å². The predicted octanol–water partition coefficient (Wildman–Crippen LogP) is 2.07. The van der Waals surface area contributed by atoms with E-state index in [1.807, 2.05) is 24.3 Å². The summed E-state index contributed by atoms with van der Waals surface area (Å²) in [6, 6.07) is 7.95. The Morgan fingerprint density at radius 2 is 1.85 bits per heavy atom. The number of aromatic amines is 1. The highest BCUT2D eigenvalue weighted by Crippen LogP contribution is 2.31. The number of imidazole rings is 1. The standard InChI is InChI=1S/C19H22N6O/c1-26-15-4-2-14(3-5-15)16-17-18(22-11-21-17)24-19(23-16)25-9-12-6-13(10-25)8-20-7-12/h2-5,11-13,20H,6-10H2,1H3,(H,21,22,23,24). The zero-order valence-electron chi connectivity index (χ0n) is 14.8. The van der Waals surface area contributed by atoms with Gasteiger partial charge in [0, 0.05) is 18.7 Å². The van der Waals surface area contributed by atoms with Crippen molar-refractivity contribution >= 4 is 17.1 Å². The fourth-order valence-electron chi connectivity index (χ4n) is 4.18. The number of benzene rings is 1. The van der Waals surface area contributed by atoms with E-state index in [0.29, 0.717) is 11.8 Å². The third-order valence-corrected chi connectivity index (χ3v) is 5.40. The molecule has 26 heavy (non-hydrogen) atoms. The maximum absolute atomic E-state index is 5.27. The summed E-state index contributed by atoms with van der Waals surface area (Å²) in [4.78, 5) is 19.6. The minimum absolute atomic E-state index is 0.674. The molecule has 0 saturated carbocycles. The molecule has 134 valence electrons. The Bertz CT molecular complexity index is 909. The van der Waals surface area contributed by atoms with E-state index in [-0.39, 0.29) is 0 Å². The fourth-order valence-corrected chi connectivity index (χ4v) is 4.18. The van der Waals surface area contributed by atoms with Crippen LogP contribution in [0.5, 0.6) is 5.75 Å². The summed E-state index contributed by atoms with van der Waals surface area (Å²) in [6.07, 6.45) is 2.99. The van der Waals surface area contributed by atoms with Gasteiger partial charge in [-0.05, 0) is 55.6 Å². The summed E-state index contributed by atoms with van der Waals surface area (Å²) in [6.45, 7) is 4.19. The van der Waals surface area contributed by atoms with Gasteiger partial charge in [0.05, 0.1) is 13.4 Å². The molecule has 7 heteroatoms. The number of hydrogen-bond donors (Lipinski definition) is 2. The van der Waals surface area contributed by atoms with Gasteiger partial charge in [0.2, 0.25) is 5.95 Å². The summed E-state index contributed by atoms with van der Waals surface area (Å²) in [5.74, 6) is 2.97. The lowest BCUT2D eigenvalue weighted by Crippen LogP contribution is -2.51. The van der Waals surface area contributed by atoms with E-state index in [1.54, 1.807) is 13.4 Å². The lowest BCUT2D eigenvalue weighted by atomic mass is 9.86. The zero-order chi connectivity index (χ0) is 17.5. The van der Waals surface area contributed by atoms with Crippen LogP contribution in [-0.4, -0.2) is 53.2 Å². The van der Waals surface area contributed by atoms with Crippen molar-refractivity contribution in [2.75, 3.05) is 38.2 Å². The number of fused-ring (bicyclic) bond motifs is 3. The molecular formula is C19H22N6O. The number of hydrogen-bond acceptors (Lipinski definition) is 6. The van der Waals surface area contributed by atoms with Crippen molar-refractivity contribution in [1.29, 1.82) is 0 Å². The van der Waals surface area contributed by atoms with Crippen LogP contribution in [0.25, 0.3) is 22.4 Å². The van der Waals surface area contributed by atoms with Crippen LogP contribution >= 0.6 is 0 Å². The lowest BCUT2D eigenvalue weighted by molar-refractivity contribution is 0.248. The minimum atomic E-state index is 0.674. The molecule has 5 rings (SSSR count). The van der Waals surface area contributed by atoms with E-state index in [1.165, 1.54) is 6.42 Å². The van der Waals surface area contributed by atoms with E-state index in [4.69, 9.17) is 14.7 Å². The van der Waals surface area contributed by atoms with Crippen LogP contribution in [0.1, 0.15) is 6.42 Å². The lowest BCUT2D eigenvalue weighted by Gasteiger charge is -2.41. The number of rotatable bonds is 3. The van der Waals surface area contributed by atoms with Gasteiger partial charge in [-0.15, -0.1) is 0 Å². The van der Waals surface area contributed by atoms with Gasteiger partial charge in [0.15, 0.2) is 5.65 Å². The number of ether oxygens (including phenoxy) is 1. The van der Waals surface area contributed by atoms with Crippen LogP contribution < -0.4 is 15.0 Å². The molecule has 2 N–H and O–H groups in total. The molecule has 0 spiro atoms. The Balaban J connectivity index is 1.56. The van der Waals surface area contributed by atoms with Crippen LogP contribution in [-0.2, 0) is 0 Å². The van der Waals surface area contributed by atoms with E-state index in [9.17, 15) is 0 Å². The average Bonchev–Trinajstić information content (AvgIpc) is 3.16. The molecule has 2 fully saturated rings. The Morgan fingerprint density at radius 3 is 2.58 bits per heavy atom. The number of H-pyrrole nitrogens is 1. The maximum Gasteiger partial charge on any atom is 0.228 e. The summed E-state index contributed by atoms with van der Waals surface area (Å²) in [5, 5.41) is 3.54. The van der Waals surface area contributed by atoms with Crippen molar-refractivity contribution in [1.82, 2.24) is 25.3 Å². The molecule has 0 aliphatic carbocycles. The summed E-state index contributed by atoms with van der Waals surface area (Å²) in [7, 11) is 1.67. The molecule has 2 saturated heterocycles. The van der Waals surface area contributed by atoms with Gasteiger partial charge in [0.1, 0.15) is 17.0 Å².